The van der Waals surface area contributed by atoms with Gasteiger partial charge in [-0.05, 0) is 80.2 Å². The molecule has 2 heterocycles. The van der Waals surface area contributed by atoms with E-state index in [9.17, 15) is 9.90 Å². The predicted molar refractivity (Wildman–Crippen MR) is 126 cm³/mol. The van der Waals surface area contributed by atoms with E-state index in [1.165, 1.54) is 38.2 Å². The van der Waals surface area contributed by atoms with Crippen molar-refractivity contribution in [3.63, 3.8) is 0 Å². The molecule has 7 atom stereocenters. The molecule has 4 bridgehead atoms. The van der Waals surface area contributed by atoms with Crippen LogP contribution in [0.1, 0.15) is 73.7 Å². The molecular weight excluding hydrogens is 449 g/mol. The molecule has 7 fully saturated rings. The lowest BCUT2D eigenvalue weighted by atomic mass is 9.70. The fraction of sp³-hybridized carbons (Fsp3) is 0.750. The molecule has 5 saturated carbocycles. The Morgan fingerprint density at radius 2 is 1.94 bits per heavy atom. The van der Waals surface area contributed by atoms with Crippen molar-refractivity contribution >= 4 is 5.91 Å². The van der Waals surface area contributed by atoms with Crippen molar-refractivity contribution in [3.8, 4) is 5.75 Å². The van der Waals surface area contributed by atoms with Gasteiger partial charge in [-0.3, -0.25) is 4.79 Å². The van der Waals surface area contributed by atoms with Crippen LogP contribution in [0.2, 0.25) is 0 Å². The number of ether oxygens (including phenoxy) is 3. The normalized spacial score (nSPS) is 43.3. The minimum Gasteiger partial charge on any atom is -0.493 e. The number of hydrogen-bond donors (Lipinski definition) is 1. The summed E-state index contributed by atoms with van der Waals surface area (Å²) in [5, 5.41) is 9.89. The number of hydrogen-bond acceptors (Lipinski definition) is 5. The number of epoxide rings is 1. The number of halogens is 1. The van der Waals surface area contributed by atoms with Crippen molar-refractivity contribution in [2.75, 3.05) is 20.3 Å². The van der Waals surface area contributed by atoms with Crippen molar-refractivity contribution in [1.29, 1.82) is 0 Å². The zero-order valence-corrected chi connectivity index (χ0v) is 20.6. The van der Waals surface area contributed by atoms with Crippen LogP contribution in [-0.2, 0) is 9.47 Å². The number of carbonyl (C=O) groups is 1. The van der Waals surface area contributed by atoms with E-state index in [0.717, 1.165) is 36.2 Å². The molecule has 2 aliphatic heterocycles. The van der Waals surface area contributed by atoms with Crippen LogP contribution in [0.25, 0.3) is 0 Å². The van der Waals surface area contributed by atoms with E-state index in [1.807, 2.05) is 6.92 Å². The van der Waals surface area contributed by atoms with Crippen LogP contribution in [-0.4, -0.2) is 60.7 Å². The van der Waals surface area contributed by atoms with Crippen LogP contribution in [0, 0.1) is 34.9 Å². The van der Waals surface area contributed by atoms with Gasteiger partial charge in [-0.2, -0.15) is 0 Å². The first-order valence-electron chi connectivity index (χ1n) is 13.5. The first kappa shape index (κ1) is 22.5. The molecule has 1 amide bonds. The first-order chi connectivity index (χ1) is 16.9. The lowest BCUT2D eigenvalue weighted by Crippen LogP contribution is -2.42. The molecular formula is C28H36FNO5. The molecule has 6 nitrogen and oxygen atoms in total. The standard InChI is InChI=1S/C28H36FNO5/c1-14-23(33-2)12-30(24(14)25-27(32)35-25)26(31)20-7-19(16-3-4-16)22(8-21(20)29)34-13-28-9-15-5-17(10-28)18(6-15)11-28/h7-8,14-18,23-25,27,32H,3-6,9-13H2,1-2H3/t14?,15?,17?,18?,23-,24-,25?,27?,28?/m0/s1. The number of likely N-dealkylation sites (tertiary alicyclic amines) is 1. The number of aliphatic hydroxyl groups is 1. The average Bonchev–Trinajstić information content (AvgIpc) is 3.73. The van der Waals surface area contributed by atoms with Gasteiger partial charge in [-0.15, -0.1) is 0 Å². The summed E-state index contributed by atoms with van der Waals surface area (Å²) < 4.78 is 32.8. The van der Waals surface area contributed by atoms with Gasteiger partial charge in [0.1, 0.15) is 17.7 Å². The van der Waals surface area contributed by atoms with Gasteiger partial charge >= 0.3 is 0 Å². The van der Waals surface area contributed by atoms with Gasteiger partial charge in [-0.25, -0.2) is 4.39 Å². The van der Waals surface area contributed by atoms with Crippen molar-refractivity contribution in [3.05, 3.63) is 29.1 Å². The second-order valence-corrected chi connectivity index (χ2v) is 12.5. The molecule has 7 aliphatic rings. The summed E-state index contributed by atoms with van der Waals surface area (Å²) in [5.41, 5.74) is 1.32. The molecule has 7 heteroatoms. The van der Waals surface area contributed by atoms with Crippen molar-refractivity contribution in [1.82, 2.24) is 4.90 Å². The number of aliphatic hydroxyl groups excluding tert-OH is 1. The molecule has 190 valence electrons. The molecule has 35 heavy (non-hydrogen) atoms. The van der Waals surface area contributed by atoms with Crippen LogP contribution in [0.4, 0.5) is 4.39 Å². The van der Waals surface area contributed by atoms with Gasteiger partial charge in [0.2, 0.25) is 0 Å². The minimum atomic E-state index is -0.878. The second kappa shape index (κ2) is 7.90. The fourth-order valence-corrected chi connectivity index (χ4v) is 8.45. The summed E-state index contributed by atoms with van der Waals surface area (Å²) in [6.45, 7) is 3.02. The minimum absolute atomic E-state index is 0.0177. The number of nitrogens with zero attached hydrogens (tertiary/aromatic N) is 1. The Balaban J connectivity index is 1.14. The van der Waals surface area contributed by atoms with Gasteiger partial charge < -0.3 is 24.2 Å². The molecule has 0 aromatic heterocycles. The third-order valence-electron chi connectivity index (χ3n) is 10.2. The maximum absolute atomic E-state index is 15.5. The third kappa shape index (κ3) is 3.64. The Hall–Kier alpha value is -1.70. The quantitative estimate of drug-likeness (QED) is 0.589. The molecule has 1 aromatic rings. The van der Waals surface area contributed by atoms with E-state index in [1.54, 1.807) is 18.1 Å². The fourth-order valence-electron chi connectivity index (χ4n) is 8.45. The number of benzene rings is 1. The third-order valence-corrected chi connectivity index (χ3v) is 10.2. The van der Waals surface area contributed by atoms with Crippen LogP contribution in [0.3, 0.4) is 0 Å². The van der Waals surface area contributed by atoms with Crippen molar-refractivity contribution in [2.24, 2.45) is 29.1 Å². The Bertz CT molecular complexity index is 1020. The largest absolute Gasteiger partial charge is 0.493 e. The lowest BCUT2D eigenvalue weighted by Gasteiger charge is -2.38. The highest BCUT2D eigenvalue weighted by Crippen LogP contribution is 2.64. The highest BCUT2D eigenvalue weighted by atomic mass is 19.1. The summed E-state index contributed by atoms with van der Waals surface area (Å²) in [6, 6.07) is 2.86. The van der Waals surface area contributed by atoms with E-state index in [4.69, 9.17) is 14.2 Å². The number of methoxy groups -OCH3 is 1. The van der Waals surface area contributed by atoms with Crippen LogP contribution < -0.4 is 4.74 Å². The molecule has 1 aromatic carbocycles. The second-order valence-electron chi connectivity index (χ2n) is 12.5. The predicted octanol–water partition coefficient (Wildman–Crippen LogP) is 4.10. The molecule has 5 unspecified atom stereocenters. The SMILES string of the molecule is CO[C@H]1CN(C(=O)c2cc(C3CC3)c(OCC34CC5CC(C3)C(C5)C4)cc2F)[C@H](C2OC2O)C1C. The van der Waals surface area contributed by atoms with Gasteiger partial charge in [0.15, 0.2) is 6.29 Å². The first-order valence-corrected chi connectivity index (χ1v) is 13.5. The zero-order valence-electron chi connectivity index (χ0n) is 20.6. The molecule has 5 aliphatic carbocycles. The van der Waals surface area contributed by atoms with E-state index in [2.05, 4.69) is 0 Å². The number of amides is 1. The Morgan fingerprint density at radius 3 is 2.54 bits per heavy atom. The Labute approximate surface area is 206 Å². The molecule has 1 N–H and O–H groups in total. The summed E-state index contributed by atoms with van der Waals surface area (Å²) >= 11 is 0. The average molecular weight is 486 g/mol. The van der Waals surface area contributed by atoms with Crippen LogP contribution in [0.15, 0.2) is 12.1 Å². The maximum atomic E-state index is 15.5. The van der Waals surface area contributed by atoms with Gasteiger partial charge in [0.05, 0.1) is 24.3 Å². The summed E-state index contributed by atoms with van der Waals surface area (Å²) in [6.07, 6.45) is 7.16. The van der Waals surface area contributed by atoms with E-state index in [0.29, 0.717) is 24.8 Å². The maximum Gasteiger partial charge on any atom is 0.257 e. The highest BCUT2D eigenvalue weighted by Gasteiger charge is 2.57. The molecule has 2 saturated heterocycles. The molecule has 0 spiro atoms. The zero-order chi connectivity index (χ0) is 24.1. The molecule has 8 rings (SSSR count). The molecule has 0 radical (unpaired) electrons. The topological polar surface area (TPSA) is 71.5 Å². The van der Waals surface area contributed by atoms with Gasteiger partial charge in [-0.1, -0.05) is 6.92 Å². The Kier molecular flexibility index (Phi) is 5.08. The number of carbonyl (C=O) groups excluding carboxylic acids is 1. The Morgan fingerprint density at radius 1 is 1.23 bits per heavy atom. The summed E-state index contributed by atoms with van der Waals surface area (Å²) in [4.78, 5) is 15.3. The summed E-state index contributed by atoms with van der Waals surface area (Å²) in [5.74, 6) is 2.65. The van der Waals surface area contributed by atoms with E-state index >= 15 is 4.39 Å². The van der Waals surface area contributed by atoms with Crippen molar-refractivity contribution < 1.29 is 28.5 Å². The number of rotatable bonds is 7. The van der Waals surface area contributed by atoms with Gasteiger partial charge in [0, 0.05) is 31.1 Å². The van der Waals surface area contributed by atoms with Crippen LogP contribution in [0.5, 0.6) is 5.75 Å². The monoisotopic (exact) mass is 485 g/mol. The van der Waals surface area contributed by atoms with E-state index < -0.39 is 18.2 Å². The van der Waals surface area contributed by atoms with Crippen molar-refractivity contribution in [2.45, 2.75) is 82.3 Å². The lowest BCUT2D eigenvalue weighted by molar-refractivity contribution is 0.0665. The van der Waals surface area contributed by atoms with E-state index in [-0.39, 0.29) is 34.9 Å². The van der Waals surface area contributed by atoms with Crippen LogP contribution >= 0.6 is 0 Å². The summed E-state index contributed by atoms with van der Waals surface area (Å²) in [7, 11) is 1.62. The smallest absolute Gasteiger partial charge is 0.257 e. The highest BCUT2D eigenvalue weighted by molar-refractivity contribution is 5.95. The van der Waals surface area contributed by atoms with Gasteiger partial charge in [0.25, 0.3) is 5.91 Å².